The first-order valence-corrected chi connectivity index (χ1v) is 8.33. The van der Waals surface area contributed by atoms with E-state index < -0.39 is 5.97 Å². The molecule has 0 aromatic heterocycles. The Morgan fingerprint density at radius 2 is 2.20 bits per heavy atom. The fraction of sp³-hybridized carbons (Fsp3) is 0.300. The third-order valence-electron chi connectivity index (χ3n) is 4.90. The summed E-state index contributed by atoms with van der Waals surface area (Å²) in [6.45, 7) is 0.392. The van der Waals surface area contributed by atoms with E-state index in [4.69, 9.17) is 14.6 Å². The second-order valence-corrected chi connectivity index (χ2v) is 6.44. The number of fused-ring (bicyclic) bond motifs is 2. The molecule has 1 N–H and O–H groups in total. The van der Waals surface area contributed by atoms with Crippen LogP contribution in [0.25, 0.3) is 0 Å². The van der Waals surface area contributed by atoms with Crippen molar-refractivity contribution in [2.75, 3.05) is 6.61 Å². The molecule has 2 aromatic carbocycles. The number of benzene rings is 2. The van der Waals surface area contributed by atoms with E-state index in [0.717, 1.165) is 35.1 Å². The maximum Gasteiger partial charge on any atom is 0.304 e. The predicted octanol–water partition coefficient (Wildman–Crippen LogP) is 3.58. The van der Waals surface area contributed by atoms with E-state index in [9.17, 15) is 10.1 Å². The molecule has 5 heteroatoms. The van der Waals surface area contributed by atoms with Crippen LogP contribution in [0, 0.1) is 11.3 Å². The number of hydrogen-bond acceptors (Lipinski definition) is 4. The summed E-state index contributed by atoms with van der Waals surface area (Å²) in [7, 11) is 0. The van der Waals surface area contributed by atoms with Gasteiger partial charge in [0.15, 0.2) is 0 Å². The van der Waals surface area contributed by atoms with E-state index in [1.165, 1.54) is 0 Å². The van der Waals surface area contributed by atoms with Crippen LogP contribution in [-0.4, -0.2) is 17.7 Å². The fourth-order valence-corrected chi connectivity index (χ4v) is 3.72. The predicted molar refractivity (Wildman–Crippen MR) is 89.8 cm³/mol. The second-order valence-electron chi connectivity index (χ2n) is 6.44. The SMILES string of the molecule is N#Cc1cccc2c1CC[C@@H]2Oc1ccc2c(c1)OC[C@@H]2CC(=O)O. The highest BCUT2D eigenvalue weighted by atomic mass is 16.5. The summed E-state index contributed by atoms with van der Waals surface area (Å²) >= 11 is 0. The summed E-state index contributed by atoms with van der Waals surface area (Å²) in [5, 5.41) is 18.2. The molecule has 5 nitrogen and oxygen atoms in total. The maximum atomic E-state index is 10.9. The molecule has 4 rings (SSSR count). The number of carboxylic acids is 1. The number of nitriles is 1. The Morgan fingerprint density at radius 1 is 1.32 bits per heavy atom. The zero-order valence-electron chi connectivity index (χ0n) is 13.6. The summed E-state index contributed by atoms with van der Waals surface area (Å²) in [6, 6.07) is 13.6. The normalized spacial score (nSPS) is 20.3. The van der Waals surface area contributed by atoms with Crippen molar-refractivity contribution in [3.8, 4) is 17.6 Å². The summed E-state index contributed by atoms with van der Waals surface area (Å²) < 4.78 is 11.8. The quantitative estimate of drug-likeness (QED) is 0.924. The van der Waals surface area contributed by atoms with Crippen molar-refractivity contribution in [2.45, 2.75) is 31.3 Å². The molecule has 2 atom stereocenters. The van der Waals surface area contributed by atoms with Crippen molar-refractivity contribution in [2.24, 2.45) is 0 Å². The summed E-state index contributed by atoms with van der Waals surface area (Å²) in [5.41, 5.74) is 3.80. The molecular formula is C20H17NO4. The number of carboxylic acid groups (broad SMARTS) is 1. The van der Waals surface area contributed by atoms with Gasteiger partial charge in [0.1, 0.15) is 17.6 Å². The minimum absolute atomic E-state index is 0.0696. The lowest BCUT2D eigenvalue weighted by Gasteiger charge is -2.16. The van der Waals surface area contributed by atoms with Crippen LogP contribution in [0.1, 0.15) is 47.1 Å². The zero-order valence-corrected chi connectivity index (χ0v) is 13.6. The topological polar surface area (TPSA) is 79.5 Å². The monoisotopic (exact) mass is 335 g/mol. The molecule has 0 fully saturated rings. The van der Waals surface area contributed by atoms with E-state index in [1.807, 2.05) is 36.4 Å². The Morgan fingerprint density at radius 3 is 3.00 bits per heavy atom. The van der Waals surface area contributed by atoms with Crippen LogP contribution in [0.5, 0.6) is 11.5 Å². The molecule has 2 aliphatic rings. The van der Waals surface area contributed by atoms with E-state index in [-0.39, 0.29) is 18.4 Å². The first kappa shape index (κ1) is 15.5. The third-order valence-corrected chi connectivity index (χ3v) is 4.90. The van der Waals surface area contributed by atoms with Gasteiger partial charge in [-0.25, -0.2) is 0 Å². The van der Waals surface area contributed by atoms with Gasteiger partial charge in [-0.2, -0.15) is 5.26 Å². The van der Waals surface area contributed by atoms with Crippen molar-refractivity contribution in [1.29, 1.82) is 5.26 Å². The number of rotatable bonds is 4. The van der Waals surface area contributed by atoms with Crippen molar-refractivity contribution in [3.63, 3.8) is 0 Å². The lowest BCUT2D eigenvalue weighted by atomic mass is 9.98. The number of aliphatic carboxylic acids is 1. The lowest BCUT2D eigenvalue weighted by Crippen LogP contribution is -2.07. The number of ether oxygens (including phenoxy) is 2. The zero-order chi connectivity index (χ0) is 17.4. The lowest BCUT2D eigenvalue weighted by molar-refractivity contribution is -0.137. The van der Waals surface area contributed by atoms with Gasteiger partial charge in [-0.05, 0) is 36.1 Å². The maximum absolute atomic E-state index is 10.9. The van der Waals surface area contributed by atoms with E-state index in [2.05, 4.69) is 6.07 Å². The summed E-state index contributed by atoms with van der Waals surface area (Å²) in [6.07, 6.45) is 1.68. The van der Waals surface area contributed by atoms with E-state index in [0.29, 0.717) is 18.1 Å². The van der Waals surface area contributed by atoms with Gasteiger partial charge >= 0.3 is 5.97 Å². The van der Waals surface area contributed by atoms with Gasteiger partial charge in [0.2, 0.25) is 0 Å². The molecule has 0 saturated carbocycles. The molecule has 0 radical (unpaired) electrons. The van der Waals surface area contributed by atoms with Crippen LogP contribution >= 0.6 is 0 Å². The van der Waals surface area contributed by atoms with Gasteiger partial charge in [-0.3, -0.25) is 4.79 Å². The standard InChI is InChI=1S/C20H17NO4/c21-10-12-2-1-3-17-15(12)6-7-18(17)25-14-4-5-16-13(8-20(22)23)11-24-19(16)9-14/h1-5,9,13,18H,6-8,11H2,(H,22,23)/t13-,18-/m0/s1. The molecule has 2 aromatic rings. The number of hydrogen-bond donors (Lipinski definition) is 1. The molecule has 0 spiro atoms. The Hall–Kier alpha value is -3.00. The molecule has 0 bridgehead atoms. The number of nitrogens with zero attached hydrogens (tertiary/aromatic N) is 1. The second kappa shape index (κ2) is 6.14. The third kappa shape index (κ3) is 2.80. The van der Waals surface area contributed by atoms with E-state index in [1.54, 1.807) is 0 Å². The Kier molecular flexibility index (Phi) is 3.81. The van der Waals surface area contributed by atoms with Gasteiger partial charge < -0.3 is 14.6 Å². The van der Waals surface area contributed by atoms with Gasteiger partial charge in [0, 0.05) is 17.5 Å². The largest absolute Gasteiger partial charge is 0.492 e. The minimum atomic E-state index is -0.822. The first-order chi connectivity index (χ1) is 12.2. The highest BCUT2D eigenvalue weighted by Crippen LogP contribution is 2.41. The first-order valence-electron chi connectivity index (χ1n) is 8.33. The van der Waals surface area contributed by atoms with Crippen molar-refractivity contribution in [1.82, 2.24) is 0 Å². The molecule has 1 aliphatic heterocycles. The van der Waals surface area contributed by atoms with Gasteiger partial charge in [0.05, 0.1) is 24.7 Å². The average Bonchev–Trinajstić information content (AvgIpc) is 3.19. The molecule has 0 unspecified atom stereocenters. The van der Waals surface area contributed by atoms with Crippen LogP contribution in [0.3, 0.4) is 0 Å². The Balaban J connectivity index is 1.55. The van der Waals surface area contributed by atoms with E-state index >= 15 is 0 Å². The minimum Gasteiger partial charge on any atom is -0.492 e. The fourth-order valence-electron chi connectivity index (χ4n) is 3.72. The van der Waals surface area contributed by atoms with Crippen molar-refractivity contribution >= 4 is 5.97 Å². The Bertz CT molecular complexity index is 884. The molecule has 25 heavy (non-hydrogen) atoms. The van der Waals surface area contributed by atoms with Crippen LogP contribution in [0.15, 0.2) is 36.4 Å². The average molecular weight is 335 g/mol. The van der Waals surface area contributed by atoms with Crippen LogP contribution in [0.4, 0.5) is 0 Å². The van der Waals surface area contributed by atoms with Gasteiger partial charge in [0.25, 0.3) is 0 Å². The summed E-state index contributed by atoms with van der Waals surface area (Å²) in [5.74, 6) is 0.479. The Labute approximate surface area is 145 Å². The van der Waals surface area contributed by atoms with Gasteiger partial charge in [-0.1, -0.05) is 18.2 Å². The summed E-state index contributed by atoms with van der Waals surface area (Å²) in [4.78, 5) is 10.9. The number of carbonyl (C=O) groups is 1. The van der Waals surface area contributed by atoms with Gasteiger partial charge in [-0.15, -0.1) is 0 Å². The highest BCUT2D eigenvalue weighted by molar-refractivity contribution is 5.68. The molecule has 0 amide bonds. The molecule has 1 heterocycles. The molecule has 1 aliphatic carbocycles. The highest BCUT2D eigenvalue weighted by Gasteiger charge is 2.29. The molecular weight excluding hydrogens is 318 g/mol. The van der Waals surface area contributed by atoms with Crippen molar-refractivity contribution in [3.05, 3.63) is 58.7 Å². The van der Waals surface area contributed by atoms with Crippen LogP contribution in [-0.2, 0) is 11.2 Å². The van der Waals surface area contributed by atoms with Crippen LogP contribution < -0.4 is 9.47 Å². The molecule has 126 valence electrons. The van der Waals surface area contributed by atoms with Crippen LogP contribution in [0.2, 0.25) is 0 Å². The smallest absolute Gasteiger partial charge is 0.304 e. The molecule has 0 saturated heterocycles. The van der Waals surface area contributed by atoms with Crippen molar-refractivity contribution < 1.29 is 19.4 Å².